The lowest BCUT2D eigenvalue weighted by atomic mass is 10.1. The fourth-order valence-corrected chi connectivity index (χ4v) is 3.80. The monoisotopic (exact) mass is 444 g/mol. The number of benzene rings is 3. The van der Waals surface area contributed by atoms with Crippen molar-refractivity contribution in [3.8, 4) is 22.8 Å². The van der Waals surface area contributed by atoms with Crippen LogP contribution in [0.25, 0.3) is 22.3 Å². The third-order valence-corrected chi connectivity index (χ3v) is 5.23. The fourth-order valence-electron chi connectivity index (χ4n) is 3.80. The smallest absolute Gasteiger partial charge is 0.146 e. The van der Waals surface area contributed by atoms with E-state index in [1.807, 2.05) is 10.6 Å². The van der Waals surface area contributed by atoms with Crippen molar-refractivity contribution in [3.05, 3.63) is 96.3 Å². The Labute approximate surface area is 187 Å². The van der Waals surface area contributed by atoms with Crippen LogP contribution in [0.5, 0.6) is 11.5 Å². The first-order valence-electron chi connectivity index (χ1n) is 10.1. The van der Waals surface area contributed by atoms with Crippen LogP contribution in [0, 0.1) is 11.6 Å². The molecule has 8 heteroatoms. The van der Waals surface area contributed by atoms with E-state index < -0.39 is 11.6 Å². The molecule has 164 valence electrons. The lowest BCUT2D eigenvalue weighted by molar-refractivity contribution is 0.475. The summed E-state index contributed by atoms with van der Waals surface area (Å²) in [7, 11) is 0. The Morgan fingerprint density at radius 2 is 1.58 bits per heavy atom. The number of hydrogen-bond acceptors (Lipinski definition) is 5. The van der Waals surface area contributed by atoms with Gasteiger partial charge in [0.25, 0.3) is 0 Å². The molecule has 0 unspecified atom stereocenters. The number of halogens is 2. The summed E-state index contributed by atoms with van der Waals surface area (Å²) in [6.07, 6.45) is 1.40. The third kappa shape index (κ3) is 4.18. The standard InChI is InChI=1S/C25H18F2N4O2/c26-17-8-15(9-18(27)10-17)13-31-23(16-4-6-20(32)7-5-16)12-22-24(28-14-29-25(22)31)30-19-2-1-3-21(33)11-19/h1-12,14,32-33H,13H2,(H,28,29,30). The van der Waals surface area contributed by atoms with Gasteiger partial charge in [0.1, 0.15) is 40.9 Å². The van der Waals surface area contributed by atoms with Crippen molar-refractivity contribution in [2.24, 2.45) is 0 Å². The number of phenolic OH excluding ortho intramolecular Hbond substituents is 2. The maximum absolute atomic E-state index is 13.8. The van der Waals surface area contributed by atoms with Crippen LogP contribution in [0.15, 0.2) is 79.1 Å². The second-order valence-corrected chi connectivity index (χ2v) is 7.58. The molecule has 0 aliphatic heterocycles. The number of aromatic nitrogens is 3. The van der Waals surface area contributed by atoms with Gasteiger partial charge in [0.05, 0.1) is 11.1 Å². The van der Waals surface area contributed by atoms with Crippen molar-refractivity contribution >= 4 is 22.5 Å². The minimum atomic E-state index is -0.659. The minimum Gasteiger partial charge on any atom is -0.508 e. The van der Waals surface area contributed by atoms with Crippen molar-refractivity contribution in [2.75, 3.05) is 5.32 Å². The van der Waals surface area contributed by atoms with Crippen molar-refractivity contribution in [1.29, 1.82) is 0 Å². The van der Waals surface area contributed by atoms with Gasteiger partial charge in [-0.1, -0.05) is 6.07 Å². The highest BCUT2D eigenvalue weighted by Gasteiger charge is 2.17. The first-order valence-corrected chi connectivity index (χ1v) is 10.1. The fraction of sp³-hybridized carbons (Fsp3) is 0.0400. The molecule has 0 spiro atoms. The van der Waals surface area contributed by atoms with Crippen LogP contribution in [0.2, 0.25) is 0 Å². The molecule has 0 aliphatic carbocycles. The molecule has 0 bridgehead atoms. The van der Waals surface area contributed by atoms with Gasteiger partial charge in [0, 0.05) is 24.4 Å². The van der Waals surface area contributed by atoms with E-state index in [1.165, 1.54) is 18.5 Å². The predicted molar refractivity (Wildman–Crippen MR) is 121 cm³/mol. The van der Waals surface area contributed by atoms with E-state index in [9.17, 15) is 19.0 Å². The van der Waals surface area contributed by atoms with Gasteiger partial charge in [0.2, 0.25) is 0 Å². The highest BCUT2D eigenvalue weighted by atomic mass is 19.1. The van der Waals surface area contributed by atoms with Crippen LogP contribution in [0.3, 0.4) is 0 Å². The summed E-state index contributed by atoms with van der Waals surface area (Å²) < 4.78 is 29.5. The predicted octanol–water partition coefficient (Wildman–Crippen LogP) is 5.58. The average Bonchev–Trinajstić information content (AvgIpc) is 3.13. The van der Waals surface area contributed by atoms with E-state index in [0.717, 1.165) is 17.3 Å². The maximum Gasteiger partial charge on any atom is 0.146 e. The zero-order valence-corrected chi connectivity index (χ0v) is 17.2. The molecule has 0 aliphatic rings. The maximum atomic E-state index is 13.8. The van der Waals surface area contributed by atoms with Crippen LogP contribution < -0.4 is 5.32 Å². The molecule has 0 radical (unpaired) electrons. The zero-order valence-electron chi connectivity index (χ0n) is 17.2. The molecular weight excluding hydrogens is 426 g/mol. The summed E-state index contributed by atoms with van der Waals surface area (Å²) >= 11 is 0. The van der Waals surface area contributed by atoms with Crippen LogP contribution in [-0.2, 0) is 6.54 Å². The number of anilines is 2. The van der Waals surface area contributed by atoms with E-state index >= 15 is 0 Å². The van der Waals surface area contributed by atoms with Gasteiger partial charge in [-0.3, -0.25) is 0 Å². The molecule has 5 rings (SSSR count). The molecule has 3 aromatic carbocycles. The lowest BCUT2D eigenvalue weighted by Crippen LogP contribution is -2.04. The number of rotatable bonds is 5. The van der Waals surface area contributed by atoms with Crippen molar-refractivity contribution < 1.29 is 19.0 Å². The van der Waals surface area contributed by atoms with Crippen molar-refractivity contribution in [1.82, 2.24) is 14.5 Å². The highest BCUT2D eigenvalue weighted by molar-refractivity contribution is 5.94. The molecule has 0 amide bonds. The Balaban J connectivity index is 1.67. The van der Waals surface area contributed by atoms with E-state index in [2.05, 4.69) is 15.3 Å². The van der Waals surface area contributed by atoms with Gasteiger partial charge in [-0.2, -0.15) is 0 Å². The Morgan fingerprint density at radius 1 is 0.818 bits per heavy atom. The number of hydrogen-bond donors (Lipinski definition) is 3. The molecule has 6 nitrogen and oxygen atoms in total. The number of phenols is 2. The Hall–Kier alpha value is -4.46. The molecule has 0 saturated carbocycles. The lowest BCUT2D eigenvalue weighted by Gasteiger charge is -2.12. The Kier molecular flexibility index (Phi) is 5.10. The molecule has 2 aromatic heterocycles. The van der Waals surface area contributed by atoms with Crippen LogP contribution >= 0.6 is 0 Å². The van der Waals surface area contributed by atoms with Gasteiger partial charge in [-0.25, -0.2) is 18.7 Å². The molecule has 5 aromatic rings. The largest absolute Gasteiger partial charge is 0.508 e. The second-order valence-electron chi connectivity index (χ2n) is 7.58. The number of nitrogens with one attached hydrogen (secondary N) is 1. The first-order chi connectivity index (χ1) is 16.0. The second kappa shape index (κ2) is 8.23. The number of aromatic hydroxyl groups is 2. The van der Waals surface area contributed by atoms with E-state index in [1.54, 1.807) is 48.5 Å². The summed E-state index contributed by atoms with van der Waals surface area (Å²) in [5.74, 6) is -0.572. The third-order valence-electron chi connectivity index (χ3n) is 5.23. The van der Waals surface area contributed by atoms with Crippen LogP contribution in [-0.4, -0.2) is 24.7 Å². The van der Waals surface area contributed by atoms with Crippen molar-refractivity contribution in [3.63, 3.8) is 0 Å². The number of nitrogens with zero attached hydrogens (tertiary/aromatic N) is 3. The van der Waals surface area contributed by atoms with E-state index in [-0.39, 0.29) is 18.0 Å². The quantitative estimate of drug-likeness (QED) is 0.330. The summed E-state index contributed by atoms with van der Waals surface area (Å²) in [6, 6.07) is 18.5. The minimum absolute atomic E-state index is 0.112. The highest BCUT2D eigenvalue weighted by Crippen LogP contribution is 2.33. The molecule has 0 saturated heterocycles. The summed E-state index contributed by atoms with van der Waals surface area (Å²) in [6.45, 7) is 0.164. The molecule has 0 atom stereocenters. The SMILES string of the molecule is Oc1ccc(-c2cc3c(Nc4cccc(O)c4)ncnc3n2Cc2cc(F)cc(F)c2)cc1. The average molecular weight is 444 g/mol. The molecule has 0 fully saturated rings. The van der Waals surface area contributed by atoms with Gasteiger partial charge < -0.3 is 20.1 Å². The summed E-state index contributed by atoms with van der Waals surface area (Å²) in [5.41, 5.74) is 3.15. The number of fused-ring (bicyclic) bond motifs is 1. The Bertz CT molecular complexity index is 1450. The van der Waals surface area contributed by atoms with Gasteiger partial charge in [0.15, 0.2) is 0 Å². The van der Waals surface area contributed by atoms with Gasteiger partial charge in [-0.05, 0) is 65.7 Å². The van der Waals surface area contributed by atoms with Crippen molar-refractivity contribution in [2.45, 2.75) is 6.54 Å². The van der Waals surface area contributed by atoms with E-state index in [0.29, 0.717) is 28.1 Å². The Morgan fingerprint density at radius 3 is 2.30 bits per heavy atom. The van der Waals surface area contributed by atoms with Gasteiger partial charge >= 0.3 is 0 Å². The van der Waals surface area contributed by atoms with Crippen LogP contribution in [0.1, 0.15) is 5.56 Å². The first kappa shape index (κ1) is 20.4. The summed E-state index contributed by atoms with van der Waals surface area (Å²) in [4.78, 5) is 8.78. The summed E-state index contributed by atoms with van der Waals surface area (Å²) in [5, 5.41) is 23.3. The molecule has 2 heterocycles. The zero-order chi connectivity index (χ0) is 22.9. The molecule has 3 N–H and O–H groups in total. The topological polar surface area (TPSA) is 83.2 Å². The normalized spacial score (nSPS) is 11.1. The molecular formula is C25H18F2N4O2. The van der Waals surface area contributed by atoms with Gasteiger partial charge in [-0.15, -0.1) is 0 Å². The van der Waals surface area contributed by atoms with E-state index in [4.69, 9.17) is 0 Å². The van der Waals surface area contributed by atoms with Crippen LogP contribution in [0.4, 0.5) is 20.3 Å². The molecule has 33 heavy (non-hydrogen) atoms.